The number of nitrogens with one attached hydrogen (secondary N) is 1. The molecule has 1 saturated heterocycles. The zero-order valence-corrected chi connectivity index (χ0v) is 15.9. The van der Waals surface area contributed by atoms with E-state index in [9.17, 15) is 4.79 Å². The molecule has 27 heavy (non-hydrogen) atoms. The maximum Gasteiger partial charge on any atom is 0.343 e. The highest BCUT2D eigenvalue weighted by Gasteiger charge is 2.26. The minimum Gasteiger partial charge on any atom is -0.493 e. The predicted octanol–water partition coefficient (Wildman–Crippen LogP) is 2.26. The molecule has 1 aromatic carbocycles. The molecule has 3 heterocycles. The first-order valence-electron chi connectivity index (χ1n) is 9.56. The van der Waals surface area contributed by atoms with E-state index < -0.39 is 0 Å². The van der Waals surface area contributed by atoms with Crippen molar-refractivity contribution in [2.75, 3.05) is 33.4 Å². The van der Waals surface area contributed by atoms with Crippen molar-refractivity contribution in [2.24, 2.45) is 0 Å². The van der Waals surface area contributed by atoms with E-state index in [1.54, 1.807) is 11.7 Å². The number of ether oxygens (including phenoxy) is 2. The second kappa shape index (κ2) is 7.60. The van der Waals surface area contributed by atoms with Crippen LogP contribution < -0.4 is 15.2 Å². The fourth-order valence-electron chi connectivity index (χ4n) is 4.06. The summed E-state index contributed by atoms with van der Waals surface area (Å²) >= 11 is 0. The van der Waals surface area contributed by atoms with Crippen LogP contribution in [0.5, 0.6) is 11.5 Å². The highest BCUT2D eigenvalue weighted by molar-refractivity contribution is 5.66. The van der Waals surface area contributed by atoms with Crippen LogP contribution in [0.25, 0.3) is 6.08 Å². The average molecular weight is 370 g/mol. The van der Waals surface area contributed by atoms with Gasteiger partial charge in [0.1, 0.15) is 12.4 Å². The van der Waals surface area contributed by atoms with Crippen LogP contribution >= 0.6 is 0 Å². The third-order valence-electron chi connectivity index (χ3n) is 5.47. The molecule has 0 radical (unpaired) electrons. The number of hydrogen-bond acceptors (Lipinski definition) is 5. The molecule has 0 unspecified atom stereocenters. The van der Waals surface area contributed by atoms with Gasteiger partial charge in [0, 0.05) is 24.6 Å². The van der Waals surface area contributed by atoms with Gasteiger partial charge in [-0.1, -0.05) is 12.1 Å². The lowest BCUT2D eigenvalue weighted by molar-refractivity contribution is 0.213. The highest BCUT2D eigenvalue weighted by Crippen LogP contribution is 2.36. The Hall–Kier alpha value is -2.54. The van der Waals surface area contributed by atoms with Gasteiger partial charge in [-0.15, -0.1) is 0 Å². The number of benzene rings is 1. The Morgan fingerprint density at radius 3 is 2.89 bits per heavy atom. The van der Waals surface area contributed by atoms with Gasteiger partial charge in [0.05, 0.1) is 7.11 Å². The number of methoxy groups -OCH3 is 1. The standard InChI is InChI=1S/C20H26N4O3/c1-3-24-19(21-22-20(24)25)15-7-9-23(10-8-15)12-14-11-16-5-4-6-17(26-2)18(16)27-13-14/h4-6,11,15H,3,7-10,12-13H2,1-2H3,(H,22,25). The van der Waals surface area contributed by atoms with Gasteiger partial charge in [-0.05, 0) is 50.6 Å². The van der Waals surface area contributed by atoms with Gasteiger partial charge in [-0.25, -0.2) is 9.89 Å². The molecule has 0 aliphatic carbocycles. The molecule has 2 aromatic rings. The van der Waals surface area contributed by atoms with E-state index in [0.717, 1.165) is 55.4 Å². The van der Waals surface area contributed by atoms with E-state index in [0.29, 0.717) is 19.1 Å². The first-order chi connectivity index (χ1) is 13.2. The molecule has 4 rings (SSSR count). The molecule has 7 nitrogen and oxygen atoms in total. The fraction of sp³-hybridized carbons (Fsp3) is 0.500. The number of fused-ring (bicyclic) bond motifs is 1. The first kappa shape index (κ1) is 17.9. The molecular formula is C20H26N4O3. The number of aromatic nitrogens is 3. The molecule has 0 amide bonds. The quantitative estimate of drug-likeness (QED) is 0.874. The van der Waals surface area contributed by atoms with E-state index in [-0.39, 0.29) is 5.69 Å². The second-order valence-electron chi connectivity index (χ2n) is 7.15. The zero-order valence-electron chi connectivity index (χ0n) is 15.9. The Labute approximate surface area is 158 Å². The van der Waals surface area contributed by atoms with Crippen molar-refractivity contribution in [1.29, 1.82) is 0 Å². The molecule has 144 valence electrons. The summed E-state index contributed by atoms with van der Waals surface area (Å²) < 4.78 is 13.1. The lowest BCUT2D eigenvalue weighted by atomic mass is 9.95. The molecule has 0 spiro atoms. The van der Waals surface area contributed by atoms with Gasteiger partial charge in [-0.2, -0.15) is 5.10 Å². The second-order valence-corrected chi connectivity index (χ2v) is 7.15. The minimum absolute atomic E-state index is 0.103. The summed E-state index contributed by atoms with van der Waals surface area (Å²) in [5, 5.41) is 6.85. The Morgan fingerprint density at radius 1 is 1.33 bits per heavy atom. The van der Waals surface area contributed by atoms with E-state index in [4.69, 9.17) is 9.47 Å². The Morgan fingerprint density at radius 2 is 2.15 bits per heavy atom. The highest BCUT2D eigenvalue weighted by atomic mass is 16.5. The van der Waals surface area contributed by atoms with Gasteiger partial charge in [0.2, 0.25) is 0 Å². The van der Waals surface area contributed by atoms with Crippen molar-refractivity contribution < 1.29 is 9.47 Å². The van der Waals surface area contributed by atoms with Crippen LogP contribution in [0, 0.1) is 0 Å². The van der Waals surface area contributed by atoms with Crippen molar-refractivity contribution >= 4 is 6.08 Å². The molecule has 0 atom stereocenters. The third-order valence-corrected chi connectivity index (χ3v) is 5.47. The summed E-state index contributed by atoms with van der Waals surface area (Å²) in [5.41, 5.74) is 2.25. The molecular weight excluding hydrogens is 344 g/mol. The van der Waals surface area contributed by atoms with E-state index in [2.05, 4.69) is 27.2 Å². The average Bonchev–Trinajstić information content (AvgIpc) is 3.08. The van der Waals surface area contributed by atoms with Crippen molar-refractivity contribution in [3.05, 3.63) is 45.6 Å². The SMILES string of the molecule is CCn1c(C2CCN(CC3=Cc4cccc(OC)c4OC3)CC2)n[nH]c1=O. The van der Waals surface area contributed by atoms with Crippen molar-refractivity contribution in [3.8, 4) is 11.5 Å². The van der Waals surface area contributed by atoms with E-state index in [1.807, 2.05) is 19.1 Å². The fourth-order valence-corrected chi connectivity index (χ4v) is 4.06. The topological polar surface area (TPSA) is 72.4 Å². The third kappa shape index (κ3) is 3.51. The van der Waals surface area contributed by atoms with Crippen molar-refractivity contribution in [1.82, 2.24) is 19.7 Å². The zero-order chi connectivity index (χ0) is 18.8. The molecule has 2 aliphatic heterocycles. The van der Waals surface area contributed by atoms with Crippen LogP contribution in [0.1, 0.15) is 37.1 Å². The largest absolute Gasteiger partial charge is 0.493 e. The lowest BCUT2D eigenvalue weighted by Crippen LogP contribution is -2.36. The Bertz CT molecular complexity index is 891. The number of aromatic amines is 1. The van der Waals surface area contributed by atoms with E-state index >= 15 is 0 Å². The van der Waals surface area contributed by atoms with Gasteiger partial charge >= 0.3 is 5.69 Å². The molecule has 7 heteroatoms. The summed E-state index contributed by atoms with van der Waals surface area (Å²) in [7, 11) is 1.67. The number of hydrogen-bond donors (Lipinski definition) is 1. The van der Waals surface area contributed by atoms with Crippen LogP contribution in [-0.2, 0) is 6.54 Å². The number of rotatable bonds is 5. The Kier molecular flexibility index (Phi) is 5.03. The summed E-state index contributed by atoms with van der Waals surface area (Å²) in [6.07, 6.45) is 4.25. The normalized spacial score (nSPS) is 17.9. The molecule has 1 fully saturated rings. The maximum atomic E-state index is 11.8. The maximum absolute atomic E-state index is 11.8. The van der Waals surface area contributed by atoms with E-state index in [1.165, 1.54) is 5.57 Å². The smallest absolute Gasteiger partial charge is 0.343 e. The first-order valence-corrected chi connectivity index (χ1v) is 9.56. The van der Waals surface area contributed by atoms with Crippen LogP contribution in [0.2, 0.25) is 0 Å². The molecule has 0 saturated carbocycles. The molecule has 1 aromatic heterocycles. The van der Waals surface area contributed by atoms with Crippen LogP contribution in [0.3, 0.4) is 0 Å². The van der Waals surface area contributed by atoms with Gasteiger partial charge < -0.3 is 9.47 Å². The van der Waals surface area contributed by atoms with Crippen molar-refractivity contribution in [3.63, 3.8) is 0 Å². The van der Waals surface area contributed by atoms with Crippen LogP contribution in [-0.4, -0.2) is 53.0 Å². The lowest BCUT2D eigenvalue weighted by Gasteiger charge is -2.32. The number of H-pyrrole nitrogens is 1. The van der Waals surface area contributed by atoms with Gasteiger partial charge in [-0.3, -0.25) is 9.47 Å². The molecule has 2 aliphatic rings. The van der Waals surface area contributed by atoms with Crippen molar-refractivity contribution in [2.45, 2.75) is 32.2 Å². The van der Waals surface area contributed by atoms with Crippen LogP contribution in [0.15, 0.2) is 28.6 Å². The van der Waals surface area contributed by atoms with Gasteiger partial charge in [0.25, 0.3) is 0 Å². The molecule has 1 N–H and O–H groups in total. The minimum atomic E-state index is -0.103. The monoisotopic (exact) mass is 370 g/mol. The number of nitrogens with zero attached hydrogens (tertiary/aromatic N) is 3. The number of likely N-dealkylation sites (tertiary alicyclic amines) is 1. The summed E-state index contributed by atoms with van der Waals surface area (Å²) in [6, 6.07) is 5.97. The number of para-hydroxylation sites is 1. The summed E-state index contributed by atoms with van der Waals surface area (Å²) in [4.78, 5) is 14.2. The predicted molar refractivity (Wildman–Crippen MR) is 103 cm³/mol. The number of piperidine rings is 1. The Balaban J connectivity index is 1.39. The van der Waals surface area contributed by atoms with Crippen LogP contribution in [0.4, 0.5) is 0 Å². The molecule has 0 bridgehead atoms. The summed E-state index contributed by atoms with van der Waals surface area (Å²) in [5.74, 6) is 2.87. The summed E-state index contributed by atoms with van der Waals surface area (Å²) in [6.45, 7) is 6.15. The van der Waals surface area contributed by atoms with Gasteiger partial charge in [0.15, 0.2) is 11.5 Å².